The van der Waals surface area contributed by atoms with E-state index in [9.17, 15) is 8.78 Å². The Labute approximate surface area is 105 Å². The number of benzene rings is 1. The van der Waals surface area contributed by atoms with E-state index < -0.39 is 17.0 Å². The molecule has 1 nitrogen and oxygen atoms in total. The van der Waals surface area contributed by atoms with Gasteiger partial charge in [-0.05, 0) is 30.5 Å². The number of halogens is 3. The smallest absolute Gasteiger partial charge is 0.142 e. The highest BCUT2D eigenvalue weighted by molar-refractivity contribution is 6.30. The van der Waals surface area contributed by atoms with E-state index in [0.717, 1.165) is 38.2 Å². The van der Waals surface area contributed by atoms with E-state index in [1.165, 1.54) is 6.07 Å². The molecule has 1 aliphatic carbocycles. The van der Waals surface area contributed by atoms with Gasteiger partial charge in [0.1, 0.15) is 11.6 Å². The van der Waals surface area contributed by atoms with Crippen LogP contribution in [0.5, 0.6) is 0 Å². The van der Waals surface area contributed by atoms with E-state index >= 15 is 0 Å². The van der Waals surface area contributed by atoms with Crippen molar-refractivity contribution in [2.24, 2.45) is 5.73 Å². The maximum Gasteiger partial charge on any atom is 0.142 e. The molecule has 0 amide bonds. The molecule has 0 saturated heterocycles. The highest BCUT2D eigenvalue weighted by Gasteiger charge is 2.35. The van der Waals surface area contributed by atoms with E-state index in [1.54, 1.807) is 0 Å². The van der Waals surface area contributed by atoms with Crippen molar-refractivity contribution in [2.45, 2.75) is 37.5 Å². The molecule has 0 unspecified atom stereocenters. The lowest BCUT2D eigenvalue weighted by Crippen LogP contribution is -2.38. The van der Waals surface area contributed by atoms with Gasteiger partial charge < -0.3 is 5.73 Å². The van der Waals surface area contributed by atoms with Gasteiger partial charge in [0.05, 0.1) is 5.02 Å². The molecule has 2 N–H and O–H groups in total. The largest absolute Gasteiger partial charge is 0.330 e. The summed E-state index contributed by atoms with van der Waals surface area (Å²) < 4.78 is 27.4. The molecule has 1 fully saturated rings. The lowest BCUT2D eigenvalue weighted by Gasteiger charge is -2.37. The van der Waals surface area contributed by atoms with Gasteiger partial charge in [-0.1, -0.05) is 30.9 Å². The van der Waals surface area contributed by atoms with E-state index in [2.05, 4.69) is 0 Å². The summed E-state index contributed by atoms with van der Waals surface area (Å²) in [6.45, 7) is 0.352. The van der Waals surface area contributed by atoms with Crippen LogP contribution in [0.15, 0.2) is 12.1 Å². The predicted octanol–water partition coefficient (Wildman–Crippen LogP) is 3.78. The summed E-state index contributed by atoms with van der Waals surface area (Å²) in [7, 11) is 0. The van der Waals surface area contributed by atoms with Crippen molar-refractivity contribution < 1.29 is 8.78 Å². The minimum atomic E-state index is -0.568. The monoisotopic (exact) mass is 259 g/mol. The summed E-state index contributed by atoms with van der Waals surface area (Å²) >= 11 is 5.57. The van der Waals surface area contributed by atoms with Crippen LogP contribution in [0.1, 0.15) is 37.7 Å². The zero-order valence-electron chi connectivity index (χ0n) is 9.61. The zero-order chi connectivity index (χ0) is 12.5. The number of nitrogens with two attached hydrogens (primary N) is 1. The van der Waals surface area contributed by atoms with Crippen LogP contribution in [0.3, 0.4) is 0 Å². The minimum absolute atomic E-state index is 0.172. The molecular weight excluding hydrogens is 244 g/mol. The van der Waals surface area contributed by atoms with Crippen molar-refractivity contribution in [3.05, 3.63) is 34.4 Å². The molecule has 0 radical (unpaired) electrons. The average Bonchev–Trinajstić information content (AvgIpc) is 2.34. The second-order valence-electron chi connectivity index (χ2n) is 4.79. The van der Waals surface area contributed by atoms with E-state index in [1.807, 2.05) is 0 Å². The van der Waals surface area contributed by atoms with E-state index in [-0.39, 0.29) is 5.02 Å². The topological polar surface area (TPSA) is 26.0 Å². The van der Waals surface area contributed by atoms with Gasteiger partial charge in [-0.2, -0.15) is 0 Å². The molecule has 17 heavy (non-hydrogen) atoms. The van der Waals surface area contributed by atoms with Crippen LogP contribution in [-0.4, -0.2) is 6.54 Å². The standard InChI is InChI=1S/C13H16ClF2N/c14-10-7-11(15)9(6-12(10)16)13(8-17)4-2-1-3-5-13/h6-7H,1-5,8,17H2. The first-order valence-corrected chi connectivity index (χ1v) is 6.32. The van der Waals surface area contributed by atoms with Gasteiger partial charge in [-0.15, -0.1) is 0 Å². The van der Waals surface area contributed by atoms with Crippen LogP contribution in [-0.2, 0) is 5.41 Å². The Hall–Kier alpha value is -0.670. The van der Waals surface area contributed by atoms with Crippen LogP contribution in [0.4, 0.5) is 8.78 Å². The van der Waals surface area contributed by atoms with Gasteiger partial charge in [-0.25, -0.2) is 8.78 Å². The summed E-state index contributed by atoms with van der Waals surface area (Å²) in [6.07, 6.45) is 4.81. The summed E-state index contributed by atoms with van der Waals surface area (Å²) in [6, 6.07) is 2.27. The molecule has 0 bridgehead atoms. The van der Waals surface area contributed by atoms with Gasteiger partial charge in [0.2, 0.25) is 0 Å². The molecule has 2 rings (SSSR count). The van der Waals surface area contributed by atoms with Crippen molar-refractivity contribution in [3.8, 4) is 0 Å². The van der Waals surface area contributed by atoms with Crippen LogP contribution >= 0.6 is 11.6 Å². The molecule has 4 heteroatoms. The molecule has 1 aromatic carbocycles. The maximum absolute atomic E-state index is 13.9. The van der Waals surface area contributed by atoms with Crippen molar-refractivity contribution in [1.82, 2.24) is 0 Å². The Kier molecular flexibility index (Phi) is 3.69. The Bertz CT molecular complexity index is 414. The fourth-order valence-electron chi connectivity index (χ4n) is 2.74. The normalized spacial score (nSPS) is 19.3. The van der Waals surface area contributed by atoms with Crippen LogP contribution < -0.4 is 5.73 Å². The fourth-order valence-corrected chi connectivity index (χ4v) is 2.89. The van der Waals surface area contributed by atoms with Crippen LogP contribution in [0, 0.1) is 11.6 Å². The highest BCUT2D eigenvalue weighted by atomic mass is 35.5. The first kappa shape index (κ1) is 12.8. The Morgan fingerprint density at radius 3 is 2.35 bits per heavy atom. The zero-order valence-corrected chi connectivity index (χ0v) is 10.4. The summed E-state index contributed by atoms with van der Waals surface area (Å²) in [5.41, 5.74) is 5.79. The molecule has 1 aromatic rings. The number of hydrogen-bond acceptors (Lipinski definition) is 1. The third-order valence-electron chi connectivity index (χ3n) is 3.78. The first-order valence-electron chi connectivity index (χ1n) is 5.94. The van der Waals surface area contributed by atoms with Gasteiger partial charge >= 0.3 is 0 Å². The lowest BCUT2D eigenvalue weighted by molar-refractivity contribution is 0.290. The minimum Gasteiger partial charge on any atom is -0.330 e. The van der Waals surface area contributed by atoms with Crippen molar-refractivity contribution >= 4 is 11.6 Å². The molecule has 1 aliphatic rings. The fraction of sp³-hybridized carbons (Fsp3) is 0.538. The molecular formula is C13H16ClF2N. The average molecular weight is 260 g/mol. The van der Waals surface area contributed by atoms with Gasteiger partial charge in [-0.3, -0.25) is 0 Å². The molecule has 0 heterocycles. The van der Waals surface area contributed by atoms with Gasteiger partial charge in [0.15, 0.2) is 0 Å². The van der Waals surface area contributed by atoms with Crippen molar-refractivity contribution in [1.29, 1.82) is 0 Å². The van der Waals surface area contributed by atoms with E-state index in [0.29, 0.717) is 12.1 Å². The third kappa shape index (κ3) is 2.31. The molecule has 0 atom stereocenters. The first-order chi connectivity index (χ1) is 8.09. The third-order valence-corrected chi connectivity index (χ3v) is 4.07. The van der Waals surface area contributed by atoms with Gasteiger partial charge in [0.25, 0.3) is 0 Å². The molecule has 1 saturated carbocycles. The maximum atomic E-state index is 13.9. The van der Waals surface area contributed by atoms with Crippen LogP contribution in [0.2, 0.25) is 5.02 Å². The highest BCUT2D eigenvalue weighted by Crippen LogP contribution is 2.40. The molecule has 0 aromatic heterocycles. The van der Waals surface area contributed by atoms with E-state index in [4.69, 9.17) is 17.3 Å². The quantitative estimate of drug-likeness (QED) is 0.804. The van der Waals surface area contributed by atoms with Gasteiger partial charge in [0, 0.05) is 12.0 Å². The summed E-state index contributed by atoms with van der Waals surface area (Å²) in [5, 5.41) is -0.172. The molecule has 94 valence electrons. The van der Waals surface area contributed by atoms with Crippen LogP contribution in [0.25, 0.3) is 0 Å². The predicted molar refractivity (Wildman–Crippen MR) is 65.2 cm³/mol. The Balaban J connectivity index is 2.46. The molecule has 0 aliphatic heterocycles. The second kappa shape index (κ2) is 4.91. The summed E-state index contributed by atoms with van der Waals surface area (Å²) in [4.78, 5) is 0. The number of hydrogen-bond donors (Lipinski definition) is 1. The number of rotatable bonds is 2. The lowest BCUT2D eigenvalue weighted by atomic mass is 9.69. The second-order valence-corrected chi connectivity index (χ2v) is 5.20. The summed E-state index contributed by atoms with van der Waals surface area (Å²) in [5.74, 6) is -1.01. The Morgan fingerprint density at radius 2 is 1.76 bits per heavy atom. The SMILES string of the molecule is NCC1(c2cc(F)c(Cl)cc2F)CCCCC1. The van der Waals surface area contributed by atoms with Crippen molar-refractivity contribution in [3.63, 3.8) is 0 Å². The Morgan fingerprint density at radius 1 is 1.12 bits per heavy atom. The molecule has 0 spiro atoms. The van der Waals surface area contributed by atoms with Crippen molar-refractivity contribution in [2.75, 3.05) is 6.54 Å².